The zero-order chi connectivity index (χ0) is 18.0. The zero-order valence-corrected chi connectivity index (χ0v) is 15.1. The predicted molar refractivity (Wildman–Crippen MR) is 88.0 cm³/mol. The first kappa shape index (κ1) is 19.0. The molecule has 0 spiro atoms. The summed E-state index contributed by atoms with van der Waals surface area (Å²) in [5, 5.41) is 0.100. The zero-order valence-electron chi connectivity index (χ0n) is 12.0. The van der Waals surface area contributed by atoms with Crippen molar-refractivity contribution >= 4 is 44.1 Å². The first-order valence-corrected chi connectivity index (χ1v) is 8.75. The molecular weight excluding hydrogens is 433 g/mol. The Morgan fingerprint density at radius 1 is 1.29 bits per heavy atom. The summed E-state index contributed by atoms with van der Waals surface area (Å²) in [6, 6.07) is 5.86. The molecule has 0 aliphatic heterocycles. The average Bonchev–Trinajstić information content (AvgIpc) is 2.46. The minimum atomic E-state index is -3.14. The van der Waals surface area contributed by atoms with Crippen molar-refractivity contribution in [3.05, 3.63) is 51.2 Å². The van der Waals surface area contributed by atoms with E-state index < -0.39 is 28.2 Å². The molecule has 128 valence electrons. The molecule has 0 saturated heterocycles. The summed E-state index contributed by atoms with van der Waals surface area (Å²) in [7, 11) is -2.66. The number of hydrogen-bond donors (Lipinski definition) is 0. The molecule has 2 rings (SSSR count). The number of rotatable bonds is 5. The van der Waals surface area contributed by atoms with Crippen molar-refractivity contribution in [2.24, 2.45) is 0 Å². The van der Waals surface area contributed by atoms with Crippen LogP contribution in [-0.4, -0.2) is 15.7 Å². The van der Waals surface area contributed by atoms with Gasteiger partial charge in [0, 0.05) is 11.1 Å². The molecule has 0 fully saturated rings. The summed E-state index contributed by atoms with van der Waals surface area (Å²) in [5.41, 5.74) is -0.186. The molecule has 0 aromatic heterocycles. The van der Waals surface area contributed by atoms with E-state index in [1.165, 1.54) is 12.1 Å². The van der Waals surface area contributed by atoms with Crippen LogP contribution in [0.3, 0.4) is 0 Å². The van der Waals surface area contributed by atoms with Crippen LogP contribution in [0.2, 0.25) is 5.02 Å². The number of halogens is 5. The van der Waals surface area contributed by atoms with E-state index in [4.69, 9.17) is 16.3 Å². The van der Waals surface area contributed by atoms with Crippen molar-refractivity contribution < 1.29 is 26.9 Å². The monoisotopic (exact) mass is 440 g/mol. The Bertz CT molecular complexity index is 810. The summed E-state index contributed by atoms with van der Waals surface area (Å²) >= 11 is 8.82. The Morgan fingerprint density at radius 2 is 1.96 bits per heavy atom. The molecule has 0 saturated carbocycles. The third-order valence-corrected chi connectivity index (χ3v) is 4.97. The Hall–Kier alpha value is -1.38. The van der Waals surface area contributed by atoms with Crippen LogP contribution in [0.1, 0.15) is 17.3 Å². The molecule has 0 aliphatic rings. The van der Waals surface area contributed by atoms with E-state index in [-0.39, 0.29) is 31.5 Å². The Morgan fingerprint density at radius 3 is 2.50 bits per heavy atom. The number of benzene rings is 2. The molecule has 0 radical (unpaired) electrons. The molecule has 0 amide bonds. The van der Waals surface area contributed by atoms with Gasteiger partial charge < -0.3 is 4.74 Å². The first-order valence-electron chi connectivity index (χ1n) is 6.36. The summed E-state index contributed by atoms with van der Waals surface area (Å²) < 4.78 is 55.9. The SMILES string of the molecule is CC(=O)c1c(S(=O)C(F)F)ccc(Oc2cc(F)cc(Cl)c2)c1Br. The van der Waals surface area contributed by atoms with Crippen LogP contribution in [0.15, 0.2) is 39.7 Å². The second-order valence-electron chi connectivity index (χ2n) is 4.57. The fourth-order valence-electron chi connectivity index (χ4n) is 1.92. The average molecular weight is 442 g/mol. The molecule has 24 heavy (non-hydrogen) atoms. The van der Waals surface area contributed by atoms with Gasteiger partial charge in [0.1, 0.15) is 28.1 Å². The number of ketones is 1. The molecule has 1 unspecified atom stereocenters. The highest BCUT2D eigenvalue weighted by Gasteiger charge is 2.25. The molecule has 1 atom stereocenters. The number of alkyl halides is 2. The Labute approximate surface area is 151 Å². The van der Waals surface area contributed by atoms with Gasteiger partial charge in [-0.15, -0.1) is 0 Å². The Balaban J connectivity index is 2.51. The first-order chi connectivity index (χ1) is 11.2. The lowest BCUT2D eigenvalue weighted by Gasteiger charge is -2.14. The van der Waals surface area contributed by atoms with Gasteiger partial charge in [-0.05, 0) is 47.1 Å². The van der Waals surface area contributed by atoms with Crippen LogP contribution < -0.4 is 4.74 Å². The number of Topliss-reactive ketones (excluding diaryl/α,β-unsaturated/α-hetero) is 1. The maximum Gasteiger partial charge on any atom is 0.316 e. The van der Waals surface area contributed by atoms with E-state index in [0.717, 1.165) is 25.1 Å². The largest absolute Gasteiger partial charge is 0.456 e. The molecule has 2 aromatic rings. The van der Waals surface area contributed by atoms with Crippen LogP contribution in [-0.2, 0) is 10.8 Å². The number of carbonyl (C=O) groups excluding carboxylic acids is 1. The van der Waals surface area contributed by atoms with Gasteiger partial charge in [-0.3, -0.25) is 4.79 Å². The highest BCUT2D eigenvalue weighted by Crippen LogP contribution is 2.37. The Kier molecular flexibility index (Phi) is 6.06. The second-order valence-corrected chi connectivity index (χ2v) is 7.19. The maximum absolute atomic E-state index is 13.3. The van der Waals surface area contributed by atoms with Crippen molar-refractivity contribution in [1.29, 1.82) is 0 Å². The lowest BCUT2D eigenvalue weighted by molar-refractivity contribution is 0.101. The lowest BCUT2D eigenvalue weighted by Crippen LogP contribution is -2.09. The highest BCUT2D eigenvalue weighted by atomic mass is 79.9. The summed E-state index contributed by atoms with van der Waals surface area (Å²) in [4.78, 5) is 11.5. The molecule has 0 aliphatic carbocycles. The van der Waals surface area contributed by atoms with Gasteiger partial charge in [-0.2, -0.15) is 8.78 Å². The van der Waals surface area contributed by atoms with E-state index in [0.29, 0.717) is 0 Å². The number of hydrogen-bond acceptors (Lipinski definition) is 3. The van der Waals surface area contributed by atoms with E-state index in [2.05, 4.69) is 15.9 Å². The van der Waals surface area contributed by atoms with Crippen molar-refractivity contribution in [2.75, 3.05) is 0 Å². The third-order valence-electron chi connectivity index (χ3n) is 2.86. The van der Waals surface area contributed by atoms with Gasteiger partial charge in [-0.25, -0.2) is 8.60 Å². The van der Waals surface area contributed by atoms with Gasteiger partial charge >= 0.3 is 5.76 Å². The van der Waals surface area contributed by atoms with Gasteiger partial charge in [0.2, 0.25) is 0 Å². The maximum atomic E-state index is 13.3. The molecule has 0 bridgehead atoms. The fourth-order valence-corrected chi connectivity index (χ4v) is 3.81. The van der Waals surface area contributed by atoms with Crippen LogP contribution in [0.5, 0.6) is 11.5 Å². The summed E-state index contributed by atoms with van der Waals surface area (Å²) in [5.74, 6) is -4.22. The molecular formula is C15H9BrClF3O3S. The van der Waals surface area contributed by atoms with Crippen LogP contribution in [0.4, 0.5) is 13.2 Å². The lowest BCUT2D eigenvalue weighted by atomic mass is 10.1. The number of ether oxygens (including phenoxy) is 1. The molecule has 0 heterocycles. The van der Waals surface area contributed by atoms with Crippen LogP contribution in [0, 0.1) is 5.82 Å². The van der Waals surface area contributed by atoms with Gasteiger partial charge in [0.05, 0.1) is 14.9 Å². The molecule has 2 aromatic carbocycles. The van der Waals surface area contributed by atoms with Gasteiger partial charge in [0.25, 0.3) is 0 Å². The summed E-state index contributed by atoms with van der Waals surface area (Å²) in [6.45, 7) is 1.15. The molecule has 3 nitrogen and oxygen atoms in total. The smallest absolute Gasteiger partial charge is 0.316 e. The van der Waals surface area contributed by atoms with Crippen molar-refractivity contribution in [3.63, 3.8) is 0 Å². The number of carbonyl (C=O) groups is 1. The molecule has 0 N–H and O–H groups in total. The molecule has 9 heteroatoms. The third kappa shape index (κ3) is 4.17. The van der Waals surface area contributed by atoms with Crippen LogP contribution >= 0.6 is 27.5 Å². The van der Waals surface area contributed by atoms with E-state index in [1.54, 1.807) is 0 Å². The highest BCUT2D eigenvalue weighted by molar-refractivity contribution is 9.10. The van der Waals surface area contributed by atoms with Crippen LogP contribution in [0.25, 0.3) is 0 Å². The minimum Gasteiger partial charge on any atom is -0.456 e. The second kappa shape index (κ2) is 7.67. The van der Waals surface area contributed by atoms with E-state index in [9.17, 15) is 22.2 Å². The normalized spacial score (nSPS) is 12.3. The minimum absolute atomic E-state index is 0.0434. The van der Waals surface area contributed by atoms with E-state index in [1.807, 2.05) is 0 Å². The van der Waals surface area contributed by atoms with Gasteiger partial charge in [0.15, 0.2) is 5.78 Å². The quantitative estimate of drug-likeness (QED) is 0.570. The van der Waals surface area contributed by atoms with Crippen molar-refractivity contribution in [1.82, 2.24) is 0 Å². The standard InChI is InChI=1S/C15H9BrClF3O3S/c1-7(21)13-12(24(22)15(19)20)3-2-11(14(13)16)23-10-5-8(17)4-9(18)6-10/h2-6,15H,1H3. The van der Waals surface area contributed by atoms with Crippen molar-refractivity contribution in [2.45, 2.75) is 17.6 Å². The van der Waals surface area contributed by atoms with Gasteiger partial charge in [-0.1, -0.05) is 11.6 Å². The fraction of sp³-hybridized carbons (Fsp3) is 0.133. The topological polar surface area (TPSA) is 43.4 Å². The predicted octanol–water partition coefficient (Wildman–Crippen LogP) is 5.57. The van der Waals surface area contributed by atoms with Crippen molar-refractivity contribution in [3.8, 4) is 11.5 Å². The van der Waals surface area contributed by atoms with E-state index >= 15 is 0 Å². The summed E-state index contributed by atoms with van der Waals surface area (Å²) in [6.07, 6.45) is 0.